The number of aryl methyl sites for hydroxylation is 2. The maximum atomic E-state index is 6.41. The number of aromatic nitrogens is 2. The van der Waals surface area contributed by atoms with Crippen molar-refractivity contribution in [3.63, 3.8) is 0 Å². The molecule has 1 aliphatic rings. The highest BCUT2D eigenvalue weighted by Gasteiger charge is 2.36. The zero-order valence-corrected chi connectivity index (χ0v) is 12.9. The molecule has 102 valence electrons. The van der Waals surface area contributed by atoms with Crippen molar-refractivity contribution in [3.8, 4) is 0 Å². The molecule has 2 rings (SSSR count). The molecule has 3 nitrogen and oxygen atoms in total. The van der Waals surface area contributed by atoms with Crippen LogP contribution in [0.25, 0.3) is 0 Å². The molecule has 1 fully saturated rings. The predicted molar refractivity (Wildman–Crippen MR) is 79.4 cm³/mol. The second-order valence-corrected chi connectivity index (χ2v) is 7.27. The van der Waals surface area contributed by atoms with Gasteiger partial charge >= 0.3 is 0 Å². The fourth-order valence-corrected chi connectivity index (χ4v) is 4.27. The number of hydrogen-bond acceptors (Lipinski definition) is 3. The van der Waals surface area contributed by atoms with Crippen molar-refractivity contribution in [2.75, 3.05) is 5.75 Å². The van der Waals surface area contributed by atoms with Gasteiger partial charge in [0.25, 0.3) is 0 Å². The van der Waals surface area contributed by atoms with E-state index >= 15 is 0 Å². The largest absolute Gasteiger partial charge is 0.326 e. The Morgan fingerprint density at radius 3 is 2.83 bits per heavy atom. The summed E-state index contributed by atoms with van der Waals surface area (Å²) in [6.45, 7) is 4.35. The van der Waals surface area contributed by atoms with Crippen LogP contribution in [0.15, 0.2) is 0 Å². The summed E-state index contributed by atoms with van der Waals surface area (Å²) in [7, 11) is 1.96. The Balaban J connectivity index is 2.16. The van der Waals surface area contributed by atoms with Gasteiger partial charge in [0.15, 0.2) is 0 Å². The van der Waals surface area contributed by atoms with E-state index in [2.05, 4.69) is 18.9 Å². The Morgan fingerprint density at radius 1 is 1.61 bits per heavy atom. The third-order valence-electron chi connectivity index (χ3n) is 3.95. The molecule has 2 unspecified atom stereocenters. The summed E-state index contributed by atoms with van der Waals surface area (Å²) < 4.78 is 2.09. The first-order chi connectivity index (χ1) is 8.48. The second kappa shape index (κ2) is 5.43. The van der Waals surface area contributed by atoms with Gasteiger partial charge in [-0.1, -0.05) is 18.5 Å². The van der Waals surface area contributed by atoms with Crippen LogP contribution in [-0.4, -0.2) is 26.3 Å². The molecule has 5 heteroatoms. The van der Waals surface area contributed by atoms with Crippen LogP contribution in [0.1, 0.15) is 38.1 Å². The minimum atomic E-state index is 0.141. The van der Waals surface area contributed by atoms with Gasteiger partial charge in [0.1, 0.15) is 0 Å². The number of nitrogens with zero attached hydrogens (tertiary/aromatic N) is 2. The minimum absolute atomic E-state index is 0.141. The third-order valence-corrected chi connectivity index (χ3v) is 6.05. The van der Waals surface area contributed by atoms with Crippen LogP contribution in [0, 0.1) is 0 Å². The van der Waals surface area contributed by atoms with E-state index in [9.17, 15) is 0 Å². The van der Waals surface area contributed by atoms with Crippen molar-refractivity contribution in [2.45, 2.75) is 50.3 Å². The summed E-state index contributed by atoms with van der Waals surface area (Å²) in [6, 6.07) is 0.141. The number of thioether (sulfide) groups is 1. The zero-order valence-electron chi connectivity index (χ0n) is 11.4. The molecular formula is C13H22ClN3S. The highest BCUT2D eigenvalue weighted by molar-refractivity contribution is 8.00. The van der Waals surface area contributed by atoms with Crippen LogP contribution >= 0.6 is 23.4 Å². The van der Waals surface area contributed by atoms with Crippen molar-refractivity contribution >= 4 is 23.4 Å². The lowest BCUT2D eigenvalue weighted by atomic mass is 9.93. The summed E-state index contributed by atoms with van der Waals surface area (Å²) in [4.78, 5) is 0. The van der Waals surface area contributed by atoms with Gasteiger partial charge < -0.3 is 5.73 Å². The molecule has 0 saturated carbocycles. The van der Waals surface area contributed by atoms with Crippen molar-refractivity contribution in [1.82, 2.24) is 9.78 Å². The predicted octanol–water partition coefficient (Wildman–Crippen LogP) is 2.79. The fourth-order valence-electron chi connectivity index (χ4n) is 2.56. The number of nitrogens with two attached hydrogens (primary N) is 1. The lowest BCUT2D eigenvalue weighted by Gasteiger charge is -2.30. The van der Waals surface area contributed by atoms with Gasteiger partial charge in [-0.05, 0) is 31.9 Å². The molecule has 1 aliphatic heterocycles. The molecule has 18 heavy (non-hydrogen) atoms. The van der Waals surface area contributed by atoms with E-state index in [-0.39, 0.29) is 10.8 Å². The van der Waals surface area contributed by atoms with Crippen molar-refractivity contribution in [1.29, 1.82) is 0 Å². The first kappa shape index (κ1) is 14.2. The van der Waals surface area contributed by atoms with Crippen LogP contribution in [0.3, 0.4) is 0 Å². The van der Waals surface area contributed by atoms with Crippen molar-refractivity contribution < 1.29 is 0 Å². The first-order valence-electron chi connectivity index (χ1n) is 6.57. The summed E-state index contributed by atoms with van der Waals surface area (Å²) in [5.74, 6) is 1.23. The van der Waals surface area contributed by atoms with E-state index in [4.69, 9.17) is 17.3 Å². The average Bonchev–Trinajstić information content (AvgIpc) is 2.89. The topological polar surface area (TPSA) is 43.8 Å². The molecule has 0 spiro atoms. The lowest BCUT2D eigenvalue weighted by Crippen LogP contribution is -2.43. The van der Waals surface area contributed by atoms with E-state index in [0.29, 0.717) is 0 Å². The Morgan fingerprint density at radius 2 is 2.33 bits per heavy atom. The van der Waals surface area contributed by atoms with E-state index in [1.165, 1.54) is 18.6 Å². The van der Waals surface area contributed by atoms with Gasteiger partial charge in [0.2, 0.25) is 0 Å². The molecule has 0 aliphatic carbocycles. The number of hydrogen-bond donors (Lipinski definition) is 1. The highest BCUT2D eigenvalue weighted by atomic mass is 35.5. The van der Waals surface area contributed by atoms with Crippen LogP contribution < -0.4 is 5.73 Å². The van der Waals surface area contributed by atoms with Gasteiger partial charge in [0, 0.05) is 24.3 Å². The third kappa shape index (κ3) is 2.56. The van der Waals surface area contributed by atoms with Gasteiger partial charge in [-0.25, -0.2) is 0 Å². The molecule has 2 heterocycles. The van der Waals surface area contributed by atoms with Crippen LogP contribution in [0.4, 0.5) is 0 Å². The van der Waals surface area contributed by atoms with Crippen LogP contribution in [0.2, 0.25) is 5.02 Å². The fraction of sp³-hybridized carbons (Fsp3) is 0.769. The monoisotopic (exact) mass is 287 g/mol. The minimum Gasteiger partial charge on any atom is -0.326 e. The van der Waals surface area contributed by atoms with E-state index < -0.39 is 0 Å². The second-order valence-electron chi connectivity index (χ2n) is 5.26. The molecule has 0 aromatic carbocycles. The number of rotatable bonds is 4. The molecule has 1 aromatic rings. The smallest absolute Gasteiger partial charge is 0.0850 e. The summed E-state index contributed by atoms with van der Waals surface area (Å²) in [6.07, 6.45) is 4.16. The molecule has 1 saturated heterocycles. The van der Waals surface area contributed by atoms with E-state index in [1.54, 1.807) is 0 Å². The summed E-state index contributed by atoms with van der Waals surface area (Å²) >= 11 is 8.38. The van der Waals surface area contributed by atoms with Crippen molar-refractivity contribution in [3.05, 3.63) is 16.4 Å². The SMILES string of the molecule is CCc1nn(C)c(CC(N)C2(C)CCCS2)c1Cl. The Kier molecular flexibility index (Phi) is 4.29. The van der Waals surface area contributed by atoms with Gasteiger partial charge in [-0.2, -0.15) is 16.9 Å². The zero-order chi connectivity index (χ0) is 13.3. The Labute approximate surface area is 118 Å². The van der Waals surface area contributed by atoms with Gasteiger partial charge in [-0.15, -0.1) is 0 Å². The molecular weight excluding hydrogens is 266 g/mol. The summed E-state index contributed by atoms with van der Waals surface area (Å²) in [5.41, 5.74) is 8.47. The van der Waals surface area contributed by atoms with Crippen molar-refractivity contribution in [2.24, 2.45) is 12.8 Å². The van der Waals surface area contributed by atoms with E-state index in [0.717, 1.165) is 29.3 Å². The molecule has 1 aromatic heterocycles. The Bertz CT molecular complexity index is 424. The van der Waals surface area contributed by atoms with Crippen LogP contribution in [-0.2, 0) is 19.9 Å². The maximum absolute atomic E-state index is 6.41. The van der Waals surface area contributed by atoms with Gasteiger partial charge in [0.05, 0.1) is 16.4 Å². The normalized spacial score (nSPS) is 25.6. The lowest BCUT2D eigenvalue weighted by molar-refractivity contribution is 0.471. The standard InChI is InChI=1S/C13H22ClN3S/c1-4-9-12(14)10(17(3)16-9)8-11(15)13(2)6-5-7-18-13/h11H,4-8,15H2,1-3H3. The molecule has 0 radical (unpaired) electrons. The van der Waals surface area contributed by atoms with Crippen LogP contribution in [0.5, 0.6) is 0 Å². The average molecular weight is 288 g/mol. The number of halogens is 1. The quantitative estimate of drug-likeness (QED) is 0.926. The molecule has 0 bridgehead atoms. The molecule has 2 N–H and O–H groups in total. The van der Waals surface area contributed by atoms with Gasteiger partial charge in [-0.3, -0.25) is 4.68 Å². The summed E-state index contributed by atoms with van der Waals surface area (Å²) in [5, 5.41) is 5.26. The highest BCUT2D eigenvalue weighted by Crippen LogP contribution is 2.41. The van der Waals surface area contributed by atoms with E-state index in [1.807, 2.05) is 23.5 Å². The molecule has 2 atom stereocenters. The first-order valence-corrected chi connectivity index (χ1v) is 7.94. The molecule has 0 amide bonds. The Hall–Kier alpha value is -0.190. The maximum Gasteiger partial charge on any atom is 0.0850 e.